The molecule has 0 unspecified atom stereocenters. The molecular formula is C16H31NO2. The van der Waals surface area contributed by atoms with Crippen LogP contribution in [0.15, 0.2) is 0 Å². The smallest absolute Gasteiger partial charge is 0.0771 e. The molecule has 2 aliphatic rings. The molecule has 0 heterocycles. The topological polar surface area (TPSA) is 52.5 Å². The van der Waals surface area contributed by atoms with Crippen molar-refractivity contribution < 1.29 is 10.2 Å². The zero-order valence-electron chi connectivity index (χ0n) is 12.5. The van der Waals surface area contributed by atoms with Gasteiger partial charge in [-0.3, -0.25) is 0 Å². The van der Waals surface area contributed by atoms with Gasteiger partial charge in [0.2, 0.25) is 0 Å². The van der Waals surface area contributed by atoms with Crippen LogP contribution in [0, 0.1) is 5.92 Å². The van der Waals surface area contributed by atoms with Crippen LogP contribution in [0.25, 0.3) is 0 Å². The highest BCUT2D eigenvalue weighted by molar-refractivity contribution is 4.95. The molecule has 3 N–H and O–H groups in total. The third-order valence-electron chi connectivity index (χ3n) is 5.36. The van der Waals surface area contributed by atoms with Gasteiger partial charge in [-0.2, -0.15) is 0 Å². The molecule has 3 nitrogen and oxygen atoms in total. The Hall–Kier alpha value is -0.120. The third kappa shape index (κ3) is 4.17. The molecule has 0 spiro atoms. The van der Waals surface area contributed by atoms with Crippen LogP contribution < -0.4 is 5.32 Å². The van der Waals surface area contributed by atoms with Gasteiger partial charge >= 0.3 is 0 Å². The fourth-order valence-electron chi connectivity index (χ4n) is 3.62. The van der Waals surface area contributed by atoms with Crippen LogP contribution in [-0.2, 0) is 0 Å². The van der Waals surface area contributed by atoms with Crippen LogP contribution in [0.1, 0.15) is 71.1 Å². The minimum absolute atomic E-state index is 0.130. The van der Waals surface area contributed by atoms with Gasteiger partial charge in [0.1, 0.15) is 0 Å². The van der Waals surface area contributed by atoms with Gasteiger partial charge in [0.15, 0.2) is 0 Å². The highest BCUT2D eigenvalue weighted by Gasteiger charge is 2.36. The largest absolute Gasteiger partial charge is 0.394 e. The summed E-state index contributed by atoms with van der Waals surface area (Å²) in [5.74, 6) is 0.780. The van der Waals surface area contributed by atoms with Crippen LogP contribution in [-0.4, -0.2) is 34.5 Å². The summed E-state index contributed by atoms with van der Waals surface area (Å²) in [6, 6.07) is 0. The first-order valence-electron chi connectivity index (χ1n) is 8.16. The standard InChI is InChI=1S/C16H31NO2/c1-14-6-10-15(13-18,11-7-14)17-12-16(19)8-4-2-3-5-9-16/h14,17-19H,2-13H2,1H3. The van der Waals surface area contributed by atoms with Crippen molar-refractivity contribution >= 4 is 0 Å². The van der Waals surface area contributed by atoms with Gasteiger partial charge in [0.05, 0.1) is 12.2 Å². The number of hydrogen-bond acceptors (Lipinski definition) is 3. The number of nitrogens with one attached hydrogen (secondary N) is 1. The molecule has 2 aliphatic carbocycles. The molecule has 0 saturated heterocycles. The predicted octanol–water partition coefficient (Wildman–Crippen LogP) is 2.60. The van der Waals surface area contributed by atoms with E-state index in [0.29, 0.717) is 6.54 Å². The number of hydrogen-bond donors (Lipinski definition) is 3. The van der Waals surface area contributed by atoms with Gasteiger partial charge in [0.25, 0.3) is 0 Å². The lowest BCUT2D eigenvalue weighted by Crippen LogP contribution is -2.55. The second-order valence-electron chi connectivity index (χ2n) is 7.11. The summed E-state index contributed by atoms with van der Waals surface area (Å²) in [7, 11) is 0. The second-order valence-corrected chi connectivity index (χ2v) is 7.11. The minimum Gasteiger partial charge on any atom is -0.394 e. The molecule has 0 atom stereocenters. The van der Waals surface area contributed by atoms with Crippen LogP contribution in [0.2, 0.25) is 0 Å². The highest BCUT2D eigenvalue weighted by atomic mass is 16.3. The molecule has 19 heavy (non-hydrogen) atoms. The van der Waals surface area contributed by atoms with Crippen LogP contribution in [0.3, 0.4) is 0 Å². The van der Waals surface area contributed by atoms with E-state index in [1.807, 2.05) is 0 Å². The van der Waals surface area contributed by atoms with Gasteiger partial charge < -0.3 is 15.5 Å². The van der Waals surface area contributed by atoms with Gasteiger partial charge in [-0.15, -0.1) is 0 Å². The van der Waals surface area contributed by atoms with Crippen molar-refractivity contribution in [1.29, 1.82) is 0 Å². The predicted molar refractivity (Wildman–Crippen MR) is 78.1 cm³/mol. The maximum atomic E-state index is 10.7. The highest BCUT2D eigenvalue weighted by Crippen LogP contribution is 2.33. The molecule has 2 saturated carbocycles. The lowest BCUT2D eigenvalue weighted by molar-refractivity contribution is 0.00503. The van der Waals surface area contributed by atoms with Gasteiger partial charge in [0, 0.05) is 12.1 Å². The van der Waals surface area contributed by atoms with E-state index in [2.05, 4.69) is 12.2 Å². The Morgan fingerprint density at radius 1 is 1.00 bits per heavy atom. The Bertz CT molecular complexity index is 264. The van der Waals surface area contributed by atoms with Crippen LogP contribution in [0.5, 0.6) is 0 Å². The van der Waals surface area contributed by atoms with Crippen molar-refractivity contribution in [2.75, 3.05) is 13.2 Å². The molecule has 0 aromatic rings. The first kappa shape index (κ1) is 15.3. The number of β-amino-alcohol motifs (C(OH)–C–C–N with tert-alkyl or cyclic N) is 1. The zero-order valence-corrected chi connectivity index (χ0v) is 12.5. The first-order valence-corrected chi connectivity index (χ1v) is 8.16. The molecule has 0 bridgehead atoms. The van der Waals surface area contributed by atoms with E-state index in [0.717, 1.165) is 44.4 Å². The lowest BCUT2D eigenvalue weighted by Gasteiger charge is -2.41. The summed E-state index contributed by atoms with van der Waals surface area (Å²) in [4.78, 5) is 0. The Morgan fingerprint density at radius 2 is 1.58 bits per heavy atom. The van der Waals surface area contributed by atoms with Crippen molar-refractivity contribution in [2.45, 2.75) is 82.3 Å². The van der Waals surface area contributed by atoms with Crippen LogP contribution in [0.4, 0.5) is 0 Å². The van der Waals surface area contributed by atoms with E-state index in [-0.39, 0.29) is 12.1 Å². The van der Waals surface area contributed by atoms with E-state index in [9.17, 15) is 10.2 Å². The van der Waals surface area contributed by atoms with Crippen LogP contribution >= 0.6 is 0 Å². The zero-order chi connectivity index (χ0) is 13.8. The van der Waals surface area contributed by atoms with Crippen molar-refractivity contribution in [1.82, 2.24) is 5.32 Å². The second kappa shape index (κ2) is 6.55. The normalized spacial score (nSPS) is 35.8. The van der Waals surface area contributed by atoms with E-state index in [4.69, 9.17) is 0 Å². The SMILES string of the molecule is CC1CCC(CO)(NCC2(O)CCCCCC2)CC1. The fraction of sp³-hybridized carbons (Fsp3) is 1.00. The summed E-state index contributed by atoms with van der Waals surface area (Å²) >= 11 is 0. The Morgan fingerprint density at radius 3 is 2.11 bits per heavy atom. The van der Waals surface area contributed by atoms with E-state index in [1.54, 1.807) is 0 Å². The van der Waals surface area contributed by atoms with Gasteiger partial charge in [-0.25, -0.2) is 0 Å². The first-order chi connectivity index (χ1) is 9.08. The third-order valence-corrected chi connectivity index (χ3v) is 5.36. The quantitative estimate of drug-likeness (QED) is 0.688. The van der Waals surface area contributed by atoms with Crippen molar-refractivity contribution in [2.24, 2.45) is 5.92 Å². The molecule has 3 heteroatoms. The molecule has 112 valence electrons. The van der Waals surface area contributed by atoms with Crippen molar-refractivity contribution in [3.63, 3.8) is 0 Å². The molecule has 0 aliphatic heterocycles. The van der Waals surface area contributed by atoms with Gasteiger partial charge in [-0.1, -0.05) is 32.6 Å². The molecular weight excluding hydrogens is 238 g/mol. The number of aliphatic hydroxyl groups excluding tert-OH is 1. The summed E-state index contributed by atoms with van der Waals surface area (Å²) in [6.07, 6.45) is 11.1. The monoisotopic (exact) mass is 269 g/mol. The molecule has 2 fully saturated rings. The fourth-order valence-corrected chi connectivity index (χ4v) is 3.62. The maximum absolute atomic E-state index is 10.7. The lowest BCUT2D eigenvalue weighted by atomic mass is 9.77. The Labute approximate surface area is 117 Å². The average molecular weight is 269 g/mol. The van der Waals surface area contributed by atoms with E-state index < -0.39 is 5.60 Å². The summed E-state index contributed by atoms with van der Waals surface area (Å²) in [5, 5.41) is 24.0. The molecule has 0 radical (unpaired) electrons. The number of rotatable bonds is 4. The molecule has 0 amide bonds. The average Bonchev–Trinajstić information content (AvgIpc) is 2.64. The molecule has 0 aromatic carbocycles. The van der Waals surface area contributed by atoms with E-state index in [1.165, 1.54) is 25.7 Å². The minimum atomic E-state index is -0.540. The Balaban J connectivity index is 1.88. The van der Waals surface area contributed by atoms with E-state index >= 15 is 0 Å². The molecule has 0 aromatic heterocycles. The van der Waals surface area contributed by atoms with Gasteiger partial charge in [-0.05, 0) is 44.4 Å². The summed E-state index contributed by atoms with van der Waals surface area (Å²) < 4.78 is 0. The summed E-state index contributed by atoms with van der Waals surface area (Å²) in [6.45, 7) is 3.15. The summed E-state index contributed by atoms with van der Waals surface area (Å²) in [5.41, 5.74) is -0.670. The van der Waals surface area contributed by atoms with Crippen molar-refractivity contribution in [3.05, 3.63) is 0 Å². The maximum Gasteiger partial charge on any atom is 0.0771 e. The molecule has 2 rings (SSSR count). The number of aliphatic hydroxyl groups is 2. The van der Waals surface area contributed by atoms with Crippen molar-refractivity contribution in [3.8, 4) is 0 Å². The Kier molecular flexibility index (Phi) is 5.27.